The quantitative estimate of drug-likeness (QED) is 0.457. The molecule has 0 saturated heterocycles. The van der Waals surface area contributed by atoms with E-state index in [0.717, 1.165) is 28.8 Å². The number of nitrogens with two attached hydrogens (primary N) is 1. The standard InChI is InChI=1S/C20H18N2O5S/c1-3-26-19(25)18-14-6-4-11-9-21-22-17(11)16(14)20(28-18)27-12-5-7-13(10(2)23)15(24)8-12/h5,7-9,24H,3-4,6H2,1-2H3,(H,21,22)/p+1. The summed E-state index contributed by atoms with van der Waals surface area (Å²) >= 11 is 1.23. The summed E-state index contributed by atoms with van der Waals surface area (Å²) in [6, 6.07) is 4.55. The van der Waals surface area contributed by atoms with Gasteiger partial charge in [0.25, 0.3) is 0 Å². The number of nitrogens with zero attached hydrogens (tertiary/aromatic N) is 1. The van der Waals surface area contributed by atoms with E-state index in [4.69, 9.17) is 9.47 Å². The summed E-state index contributed by atoms with van der Waals surface area (Å²) in [6.45, 7) is 3.46. The molecule has 0 atom stereocenters. The Balaban J connectivity index is 1.76. The van der Waals surface area contributed by atoms with Gasteiger partial charge in [-0.25, -0.2) is 4.79 Å². The van der Waals surface area contributed by atoms with Gasteiger partial charge < -0.3 is 14.6 Å². The highest BCUT2D eigenvalue weighted by Gasteiger charge is 2.35. The smallest absolute Gasteiger partial charge is 0.348 e. The van der Waals surface area contributed by atoms with Crippen molar-refractivity contribution in [2.45, 2.75) is 26.7 Å². The highest BCUT2D eigenvalue weighted by molar-refractivity contribution is 7.16. The number of carbonyl (C=O) groups is 2. The maximum atomic E-state index is 12.4. The number of Topliss-reactive ketones (excluding diaryl/α,β-unsaturated/α-hetero) is 1. The number of phenols is 1. The molecule has 1 aromatic heterocycles. The molecule has 1 aromatic carbocycles. The van der Waals surface area contributed by atoms with Crippen LogP contribution >= 0.6 is 11.3 Å². The molecular formula is C20H19N2O5S+. The Morgan fingerprint density at radius 3 is 2.86 bits per heavy atom. The number of phenolic OH excluding ortho intramolecular Hbond substituents is 1. The van der Waals surface area contributed by atoms with Gasteiger partial charge >= 0.3 is 5.97 Å². The van der Waals surface area contributed by atoms with Gasteiger partial charge in [-0.05, 0) is 44.4 Å². The number of ketones is 1. The zero-order valence-corrected chi connectivity index (χ0v) is 16.3. The molecule has 28 heavy (non-hydrogen) atoms. The average molecular weight is 399 g/mol. The van der Waals surface area contributed by atoms with E-state index in [-0.39, 0.29) is 23.1 Å². The van der Waals surface area contributed by atoms with Gasteiger partial charge in [0.15, 0.2) is 16.5 Å². The van der Waals surface area contributed by atoms with Gasteiger partial charge in [0.1, 0.15) is 16.4 Å². The zero-order valence-electron chi connectivity index (χ0n) is 15.4. The minimum atomic E-state index is -0.364. The van der Waals surface area contributed by atoms with Crippen LogP contribution in [-0.4, -0.2) is 29.7 Å². The molecule has 2 aliphatic rings. The van der Waals surface area contributed by atoms with Crippen LogP contribution in [0.15, 0.2) is 28.9 Å². The Morgan fingerprint density at radius 1 is 1.32 bits per heavy atom. The number of hydrogen-bond acceptors (Lipinski definition) is 7. The lowest BCUT2D eigenvalue weighted by Crippen LogP contribution is -2.73. The second kappa shape index (κ2) is 7.21. The van der Waals surface area contributed by atoms with Crippen molar-refractivity contribution in [1.29, 1.82) is 0 Å². The Labute approximate surface area is 165 Å². The van der Waals surface area contributed by atoms with Crippen LogP contribution in [0.3, 0.4) is 0 Å². The summed E-state index contributed by atoms with van der Waals surface area (Å²) in [6.07, 6.45) is 3.34. The highest BCUT2D eigenvalue weighted by atomic mass is 32.1. The molecule has 0 saturated carbocycles. The minimum Gasteiger partial charge on any atom is -0.507 e. The van der Waals surface area contributed by atoms with Gasteiger partial charge in [-0.2, -0.15) is 5.43 Å². The molecule has 0 bridgehead atoms. The number of rotatable bonds is 5. The molecule has 1 aliphatic heterocycles. The van der Waals surface area contributed by atoms with Gasteiger partial charge in [-0.15, -0.1) is 0 Å². The first-order chi connectivity index (χ1) is 13.5. The molecule has 1 aliphatic carbocycles. The van der Waals surface area contributed by atoms with E-state index in [2.05, 4.69) is 5.10 Å². The largest absolute Gasteiger partial charge is 0.507 e. The van der Waals surface area contributed by atoms with E-state index in [1.807, 2.05) is 6.21 Å². The second-order valence-electron chi connectivity index (χ2n) is 6.48. The van der Waals surface area contributed by atoms with Crippen LogP contribution in [0.25, 0.3) is 5.70 Å². The lowest BCUT2D eigenvalue weighted by molar-refractivity contribution is -0.565. The Kier molecular flexibility index (Phi) is 4.74. The molecule has 2 aromatic rings. The summed E-state index contributed by atoms with van der Waals surface area (Å²) in [7, 11) is 0. The summed E-state index contributed by atoms with van der Waals surface area (Å²) in [5.41, 5.74) is 5.83. The SMILES string of the molecule is CCOC(=O)c1sc(Oc2ccc(C(C)=O)c(O)c2)c2c1CCC1=C2[NH2+]N=C1. The number of benzene rings is 1. The van der Waals surface area contributed by atoms with Crippen molar-refractivity contribution in [2.75, 3.05) is 6.61 Å². The molecule has 2 heterocycles. The molecule has 0 unspecified atom stereocenters. The predicted molar refractivity (Wildman–Crippen MR) is 104 cm³/mol. The van der Waals surface area contributed by atoms with Crippen LogP contribution in [0.1, 0.15) is 51.4 Å². The van der Waals surface area contributed by atoms with Crippen LogP contribution in [-0.2, 0) is 11.2 Å². The number of ether oxygens (including phenoxy) is 2. The Morgan fingerprint density at radius 2 is 2.14 bits per heavy atom. The molecular weight excluding hydrogens is 380 g/mol. The van der Waals surface area contributed by atoms with Crippen molar-refractivity contribution < 1.29 is 29.6 Å². The average Bonchev–Trinajstić information content (AvgIpc) is 3.26. The molecule has 0 radical (unpaired) electrons. The van der Waals surface area contributed by atoms with Crippen LogP contribution in [0.2, 0.25) is 0 Å². The molecule has 0 amide bonds. The summed E-state index contributed by atoms with van der Waals surface area (Å²) < 4.78 is 11.3. The van der Waals surface area contributed by atoms with Gasteiger partial charge in [0, 0.05) is 11.6 Å². The number of thiophene rings is 1. The number of aromatic hydroxyl groups is 1. The lowest BCUT2D eigenvalue weighted by atomic mass is 9.91. The predicted octanol–water partition coefficient (Wildman–Crippen LogP) is 2.85. The molecule has 8 heteroatoms. The van der Waals surface area contributed by atoms with E-state index >= 15 is 0 Å². The second-order valence-corrected chi connectivity index (χ2v) is 7.46. The van der Waals surface area contributed by atoms with E-state index in [9.17, 15) is 14.7 Å². The number of fused-ring (bicyclic) bond motifs is 2. The van der Waals surface area contributed by atoms with Crippen LogP contribution in [0, 0.1) is 0 Å². The number of hydrogen-bond donors (Lipinski definition) is 2. The lowest BCUT2D eigenvalue weighted by Gasteiger charge is -2.13. The van der Waals surface area contributed by atoms with E-state index in [1.54, 1.807) is 18.4 Å². The highest BCUT2D eigenvalue weighted by Crippen LogP contribution is 2.45. The number of esters is 1. The zero-order chi connectivity index (χ0) is 19.8. The number of quaternary nitrogens is 1. The van der Waals surface area contributed by atoms with Crippen LogP contribution in [0.5, 0.6) is 16.6 Å². The summed E-state index contributed by atoms with van der Waals surface area (Å²) in [5.74, 6) is -0.351. The number of carbonyl (C=O) groups excluding carboxylic acids is 2. The molecule has 3 N–H and O–H groups in total. The third kappa shape index (κ3) is 3.10. The Hall–Kier alpha value is -2.97. The minimum absolute atomic E-state index is 0.142. The van der Waals surface area contributed by atoms with Crippen molar-refractivity contribution in [1.82, 2.24) is 0 Å². The maximum Gasteiger partial charge on any atom is 0.348 e. The van der Waals surface area contributed by atoms with E-state index in [0.29, 0.717) is 28.7 Å². The van der Waals surface area contributed by atoms with Gasteiger partial charge in [0.05, 0.1) is 23.9 Å². The van der Waals surface area contributed by atoms with Crippen molar-refractivity contribution in [3.8, 4) is 16.6 Å². The maximum absolute atomic E-state index is 12.4. The van der Waals surface area contributed by atoms with Crippen molar-refractivity contribution in [2.24, 2.45) is 5.10 Å². The molecule has 7 nitrogen and oxygen atoms in total. The third-order valence-electron chi connectivity index (χ3n) is 4.69. The first-order valence-corrected chi connectivity index (χ1v) is 9.75. The monoisotopic (exact) mass is 399 g/mol. The van der Waals surface area contributed by atoms with Gasteiger partial charge in [0.2, 0.25) is 0 Å². The third-order valence-corrected chi connectivity index (χ3v) is 5.78. The topological polar surface area (TPSA) is 102 Å². The van der Waals surface area contributed by atoms with Crippen LogP contribution < -0.4 is 10.2 Å². The fourth-order valence-corrected chi connectivity index (χ4v) is 4.53. The summed E-state index contributed by atoms with van der Waals surface area (Å²) in [5, 5.41) is 14.9. The summed E-state index contributed by atoms with van der Waals surface area (Å²) in [4.78, 5) is 24.5. The van der Waals surface area contributed by atoms with E-state index in [1.165, 1.54) is 30.4 Å². The Bertz CT molecular complexity index is 1050. The van der Waals surface area contributed by atoms with Gasteiger partial charge in [-0.3, -0.25) is 4.79 Å². The molecule has 4 rings (SSSR count). The van der Waals surface area contributed by atoms with Crippen molar-refractivity contribution in [3.63, 3.8) is 0 Å². The number of allylic oxidation sites excluding steroid dienone is 1. The fraction of sp³-hybridized carbons (Fsp3) is 0.250. The first kappa shape index (κ1) is 18.4. The van der Waals surface area contributed by atoms with Gasteiger partial charge in [-0.1, -0.05) is 16.4 Å². The van der Waals surface area contributed by atoms with E-state index < -0.39 is 0 Å². The van der Waals surface area contributed by atoms with Crippen molar-refractivity contribution in [3.05, 3.63) is 45.3 Å². The normalized spacial score (nSPS) is 14.6. The first-order valence-electron chi connectivity index (χ1n) is 8.94. The molecule has 0 spiro atoms. The van der Waals surface area contributed by atoms with Crippen molar-refractivity contribution >= 4 is 35.0 Å². The fourth-order valence-electron chi connectivity index (χ4n) is 3.40. The van der Waals surface area contributed by atoms with Crippen LogP contribution in [0.4, 0.5) is 0 Å². The molecule has 0 fully saturated rings. The molecule has 144 valence electrons.